The van der Waals surface area contributed by atoms with Crippen LogP contribution in [0.5, 0.6) is 5.88 Å². The maximum absolute atomic E-state index is 12.5. The molecular weight excluding hydrogens is 312 g/mol. The van der Waals surface area contributed by atoms with E-state index < -0.39 is 47.5 Å². The number of hydrogen-bond acceptors (Lipinski definition) is 4. The molecule has 0 saturated carbocycles. The molecule has 1 aromatic heterocycles. The van der Waals surface area contributed by atoms with Crippen molar-refractivity contribution < 1.29 is 40.6 Å². The molecular formula is C10H7F6NO4. The van der Waals surface area contributed by atoms with E-state index in [1.54, 1.807) is 0 Å². The number of halogens is 6. The molecule has 0 fully saturated rings. The molecule has 21 heavy (non-hydrogen) atoms. The van der Waals surface area contributed by atoms with Gasteiger partial charge in [0.05, 0.1) is 13.5 Å². The van der Waals surface area contributed by atoms with Gasteiger partial charge in [-0.1, -0.05) is 0 Å². The second-order valence-corrected chi connectivity index (χ2v) is 3.66. The van der Waals surface area contributed by atoms with E-state index in [0.717, 1.165) is 7.11 Å². The number of rotatable bonds is 3. The molecule has 11 heteroatoms. The number of nitrogens with one attached hydrogen (secondary N) is 1. The van der Waals surface area contributed by atoms with Crippen LogP contribution in [0.2, 0.25) is 0 Å². The number of aromatic nitrogens is 1. The molecule has 0 saturated heterocycles. The number of aromatic amines is 1. The van der Waals surface area contributed by atoms with Gasteiger partial charge in [0.1, 0.15) is 5.56 Å². The predicted octanol–water partition coefficient (Wildman–Crippen LogP) is 2.01. The Morgan fingerprint density at radius 3 is 2.24 bits per heavy atom. The smallest absolute Gasteiger partial charge is 0.469 e. The Morgan fingerprint density at radius 2 is 1.81 bits per heavy atom. The van der Waals surface area contributed by atoms with Crippen LogP contribution in [0, 0.1) is 0 Å². The molecule has 1 rings (SSSR count). The summed E-state index contributed by atoms with van der Waals surface area (Å²) >= 11 is 0. The van der Waals surface area contributed by atoms with Gasteiger partial charge < -0.3 is 9.47 Å². The zero-order chi connectivity index (χ0) is 16.4. The summed E-state index contributed by atoms with van der Waals surface area (Å²) in [5, 5.41) is 0. The number of carbonyl (C=O) groups is 1. The third-order valence-electron chi connectivity index (χ3n) is 2.17. The second kappa shape index (κ2) is 5.66. The maximum Gasteiger partial charge on any atom is 0.574 e. The Balaban J connectivity index is 3.39. The van der Waals surface area contributed by atoms with Crippen LogP contribution in [0.4, 0.5) is 26.3 Å². The molecule has 0 radical (unpaired) electrons. The highest BCUT2D eigenvalue weighted by molar-refractivity contribution is 5.73. The molecule has 0 bridgehead atoms. The highest BCUT2D eigenvalue weighted by atomic mass is 19.4. The van der Waals surface area contributed by atoms with Crippen molar-refractivity contribution in [3.8, 4) is 5.88 Å². The van der Waals surface area contributed by atoms with Crippen molar-refractivity contribution >= 4 is 5.97 Å². The average Bonchev–Trinajstić information content (AvgIpc) is 2.28. The monoisotopic (exact) mass is 319 g/mol. The van der Waals surface area contributed by atoms with Crippen LogP contribution in [-0.2, 0) is 22.1 Å². The van der Waals surface area contributed by atoms with Gasteiger partial charge in [0.2, 0.25) is 5.88 Å². The van der Waals surface area contributed by atoms with E-state index in [4.69, 9.17) is 0 Å². The minimum absolute atomic E-state index is 0.108. The van der Waals surface area contributed by atoms with Crippen LogP contribution in [0.3, 0.4) is 0 Å². The summed E-state index contributed by atoms with van der Waals surface area (Å²) in [6, 6.07) is 0.108. The largest absolute Gasteiger partial charge is 0.574 e. The van der Waals surface area contributed by atoms with Crippen LogP contribution in [-0.4, -0.2) is 24.4 Å². The first-order valence-corrected chi connectivity index (χ1v) is 5.10. The molecule has 0 aliphatic carbocycles. The van der Waals surface area contributed by atoms with E-state index in [0.29, 0.717) is 0 Å². The first-order chi connectivity index (χ1) is 9.44. The van der Waals surface area contributed by atoms with Crippen LogP contribution in [0.15, 0.2) is 10.9 Å². The van der Waals surface area contributed by atoms with Crippen LogP contribution in [0.25, 0.3) is 0 Å². The molecule has 0 aromatic carbocycles. The minimum Gasteiger partial charge on any atom is -0.469 e. The van der Waals surface area contributed by atoms with Crippen molar-refractivity contribution in [2.24, 2.45) is 0 Å². The Bertz CT molecular complexity index is 589. The van der Waals surface area contributed by atoms with E-state index in [1.807, 2.05) is 0 Å². The topological polar surface area (TPSA) is 68.4 Å². The average molecular weight is 319 g/mol. The number of esters is 1. The van der Waals surface area contributed by atoms with E-state index in [2.05, 4.69) is 9.47 Å². The Labute approximate surface area is 112 Å². The van der Waals surface area contributed by atoms with Crippen molar-refractivity contribution in [1.29, 1.82) is 0 Å². The summed E-state index contributed by atoms with van der Waals surface area (Å²) in [6.07, 6.45) is -11.3. The first-order valence-electron chi connectivity index (χ1n) is 5.10. The Morgan fingerprint density at radius 1 is 1.24 bits per heavy atom. The number of ether oxygens (including phenoxy) is 2. The Kier molecular flexibility index (Phi) is 4.54. The van der Waals surface area contributed by atoms with Crippen molar-refractivity contribution in [3.63, 3.8) is 0 Å². The van der Waals surface area contributed by atoms with Crippen LogP contribution in [0.1, 0.15) is 11.1 Å². The van der Waals surface area contributed by atoms with E-state index >= 15 is 0 Å². The zero-order valence-electron chi connectivity index (χ0n) is 10.2. The second-order valence-electron chi connectivity index (χ2n) is 3.66. The molecule has 5 nitrogen and oxygen atoms in total. The SMILES string of the molecule is COC(=O)Cc1cc(C(F)(F)F)c(=O)[nH]c1OC(F)(F)F. The highest BCUT2D eigenvalue weighted by Gasteiger charge is 2.37. The van der Waals surface area contributed by atoms with E-state index in [1.165, 1.54) is 4.98 Å². The number of pyridine rings is 1. The molecule has 118 valence electrons. The normalized spacial score (nSPS) is 12.1. The number of alkyl halides is 6. The van der Waals surface area contributed by atoms with Crippen molar-refractivity contribution in [2.45, 2.75) is 19.0 Å². The number of methoxy groups -OCH3 is 1. The van der Waals surface area contributed by atoms with E-state index in [9.17, 15) is 35.9 Å². The number of H-pyrrole nitrogens is 1. The standard InChI is InChI=1S/C10H7F6NO4/c1-20-6(18)3-4-2-5(9(11,12)13)7(19)17-8(4)21-10(14,15)16/h2H,3H2,1H3,(H,17,19). The molecule has 0 aliphatic heterocycles. The zero-order valence-corrected chi connectivity index (χ0v) is 10.2. The number of hydrogen-bond donors (Lipinski definition) is 1. The molecule has 0 atom stereocenters. The molecule has 0 amide bonds. The van der Waals surface area contributed by atoms with Gasteiger partial charge in [-0.3, -0.25) is 14.6 Å². The van der Waals surface area contributed by atoms with Gasteiger partial charge in [0, 0.05) is 5.56 Å². The minimum atomic E-state index is -5.26. The van der Waals surface area contributed by atoms with Crippen molar-refractivity contribution in [1.82, 2.24) is 4.98 Å². The fourth-order valence-corrected chi connectivity index (χ4v) is 1.33. The third-order valence-corrected chi connectivity index (χ3v) is 2.17. The van der Waals surface area contributed by atoms with Gasteiger partial charge in [0.15, 0.2) is 0 Å². The van der Waals surface area contributed by atoms with Gasteiger partial charge in [-0.05, 0) is 6.07 Å². The predicted molar refractivity (Wildman–Crippen MR) is 54.5 cm³/mol. The summed E-state index contributed by atoms with van der Waals surface area (Å²) in [7, 11) is 0.892. The lowest BCUT2D eigenvalue weighted by atomic mass is 10.1. The van der Waals surface area contributed by atoms with Crippen LogP contribution < -0.4 is 10.3 Å². The fraction of sp³-hybridized carbons (Fsp3) is 0.400. The summed E-state index contributed by atoms with van der Waals surface area (Å²) in [4.78, 5) is 23.5. The fourth-order valence-electron chi connectivity index (χ4n) is 1.33. The van der Waals surface area contributed by atoms with Gasteiger partial charge in [-0.2, -0.15) is 13.2 Å². The summed E-state index contributed by atoms with van der Waals surface area (Å²) in [5.41, 5.74) is -4.39. The van der Waals surface area contributed by atoms with E-state index in [-0.39, 0.29) is 6.07 Å². The molecule has 0 aliphatic rings. The van der Waals surface area contributed by atoms with Crippen molar-refractivity contribution in [2.75, 3.05) is 7.11 Å². The lowest BCUT2D eigenvalue weighted by molar-refractivity contribution is -0.276. The number of carbonyl (C=O) groups excluding carboxylic acids is 1. The van der Waals surface area contributed by atoms with Gasteiger partial charge >= 0.3 is 18.5 Å². The summed E-state index contributed by atoms with van der Waals surface area (Å²) in [5.74, 6) is -2.41. The van der Waals surface area contributed by atoms with Gasteiger partial charge in [-0.25, -0.2) is 0 Å². The molecule has 0 unspecified atom stereocenters. The van der Waals surface area contributed by atoms with Gasteiger partial charge in [-0.15, -0.1) is 13.2 Å². The lowest BCUT2D eigenvalue weighted by Crippen LogP contribution is -2.26. The lowest BCUT2D eigenvalue weighted by Gasteiger charge is -2.14. The highest BCUT2D eigenvalue weighted by Crippen LogP contribution is 2.30. The van der Waals surface area contributed by atoms with Crippen molar-refractivity contribution in [3.05, 3.63) is 27.5 Å². The molecule has 1 heterocycles. The molecule has 0 spiro atoms. The first kappa shape index (κ1) is 16.9. The summed E-state index contributed by atoms with van der Waals surface area (Å²) < 4.78 is 81.5. The summed E-state index contributed by atoms with van der Waals surface area (Å²) in [6.45, 7) is 0. The quantitative estimate of drug-likeness (QED) is 0.683. The maximum atomic E-state index is 12.5. The van der Waals surface area contributed by atoms with Gasteiger partial charge in [0.25, 0.3) is 5.56 Å². The molecule has 1 N–H and O–H groups in total. The third kappa shape index (κ3) is 4.68. The van der Waals surface area contributed by atoms with Crippen LogP contribution >= 0.6 is 0 Å². The Hall–Kier alpha value is -2.20. The molecule has 1 aromatic rings.